The second-order valence-electron chi connectivity index (χ2n) is 4.38. The normalized spacial score (nSPS) is 12.2. The number of nitrogens with one attached hydrogen (secondary N) is 1. The molecule has 0 aliphatic carbocycles. The van der Waals surface area contributed by atoms with Crippen LogP contribution in [0.4, 0.5) is 5.69 Å². The zero-order valence-corrected chi connectivity index (χ0v) is 12.3. The lowest BCUT2D eigenvalue weighted by molar-refractivity contribution is 0.0941. The number of carbonyl (C=O) groups excluding carboxylic acids is 1. The average molecular weight is 295 g/mol. The molecule has 0 saturated carbocycles. The molecule has 3 nitrogen and oxygen atoms in total. The summed E-state index contributed by atoms with van der Waals surface area (Å²) in [7, 11) is 0. The predicted octanol–water partition coefficient (Wildman–Crippen LogP) is 3.78. The maximum Gasteiger partial charge on any atom is 0.253 e. The van der Waals surface area contributed by atoms with Crippen LogP contribution in [-0.2, 0) is 0 Å². The van der Waals surface area contributed by atoms with Crippen LogP contribution in [0.1, 0.15) is 33.1 Å². The fraction of sp³-hybridized carbons (Fsp3) is 0.214. The SMILES string of the molecule is Cc1ccc(C(C)NC(=O)c2cc(Cl)ccc2N)s1. The number of anilines is 1. The molecule has 2 rings (SSSR count). The van der Waals surface area contributed by atoms with Gasteiger partial charge in [-0.2, -0.15) is 0 Å². The van der Waals surface area contributed by atoms with Crippen LogP contribution in [0.3, 0.4) is 0 Å². The predicted molar refractivity (Wildman–Crippen MR) is 80.8 cm³/mol. The van der Waals surface area contributed by atoms with Gasteiger partial charge in [0.2, 0.25) is 0 Å². The third-order valence-electron chi connectivity index (χ3n) is 2.80. The minimum Gasteiger partial charge on any atom is -0.398 e. The first-order chi connectivity index (χ1) is 8.97. The highest BCUT2D eigenvalue weighted by Gasteiger charge is 2.15. The highest BCUT2D eigenvalue weighted by atomic mass is 35.5. The summed E-state index contributed by atoms with van der Waals surface area (Å²) in [5.41, 5.74) is 6.63. The smallest absolute Gasteiger partial charge is 0.253 e. The minimum absolute atomic E-state index is 0.0513. The maximum absolute atomic E-state index is 12.2. The van der Waals surface area contributed by atoms with Crippen LogP contribution in [0.15, 0.2) is 30.3 Å². The van der Waals surface area contributed by atoms with Gasteiger partial charge in [-0.15, -0.1) is 11.3 Å². The van der Waals surface area contributed by atoms with E-state index in [2.05, 4.69) is 5.32 Å². The van der Waals surface area contributed by atoms with E-state index in [1.54, 1.807) is 29.5 Å². The van der Waals surface area contributed by atoms with Crippen LogP contribution >= 0.6 is 22.9 Å². The van der Waals surface area contributed by atoms with Gasteiger partial charge in [0.05, 0.1) is 11.6 Å². The van der Waals surface area contributed by atoms with E-state index in [4.69, 9.17) is 17.3 Å². The van der Waals surface area contributed by atoms with Crippen LogP contribution in [-0.4, -0.2) is 5.91 Å². The average Bonchev–Trinajstić information content (AvgIpc) is 2.79. The van der Waals surface area contributed by atoms with Gasteiger partial charge < -0.3 is 11.1 Å². The number of amides is 1. The molecule has 1 atom stereocenters. The largest absolute Gasteiger partial charge is 0.398 e. The standard InChI is InChI=1S/C14H15ClN2OS/c1-8-3-6-13(19-8)9(2)17-14(18)11-7-10(15)4-5-12(11)16/h3-7,9H,16H2,1-2H3,(H,17,18). The number of aryl methyl sites for hydroxylation is 1. The Hall–Kier alpha value is -1.52. The zero-order chi connectivity index (χ0) is 14.0. The third kappa shape index (κ3) is 3.28. The summed E-state index contributed by atoms with van der Waals surface area (Å²) in [6.07, 6.45) is 0. The molecule has 0 fully saturated rings. The molecule has 0 bridgehead atoms. The first kappa shape index (κ1) is 13.9. The Labute approximate surface area is 121 Å². The van der Waals surface area contributed by atoms with E-state index in [9.17, 15) is 4.79 Å². The molecule has 0 saturated heterocycles. The fourth-order valence-corrected chi connectivity index (χ4v) is 2.81. The Balaban J connectivity index is 2.15. The van der Waals surface area contributed by atoms with Crippen molar-refractivity contribution in [2.24, 2.45) is 0 Å². The van der Waals surface area contributed by atoms with E-state index in [0.717, 1.165) is 4.88 Å². The maximum atomic E-state index is 12.2. The summed E-state index contributed by atoms with van der Waals surface area (Å²) in [5, 5.41) is 3.43. The van der Waals surface area contributed by atoms with Gasteiger partial charge in [0.15, 0.2) is 0 Å². The molecule has 3 N–H and O–H groups in total. The molecule has 0 radical (unpaired) electrons. The Morgan fingerprint density at radius 2 is 2.11 bits per heavy atom. The number of halogens is 1. The van der Waals surface area contributed by atoms with Gasteiger partial charge in [0.1, 0.15) is 0 Å². The van der Waals surface area contributed by atoms with Crippen LogP contribution in [0.5, 0.6) is 0 Å². The van der Waals surface area contributed by atoms with Crippen LogP contribution in [0, 0.1) is 6.92 Å². The Morgan fingerprint density at radius 3 is 2.74 bits per heavy atom. The summed E-state index contributed by atoms with van der Waals surface area (Å²) in [4.78, 5) is 14.5. The Morgan fingerprint density at radius 1 is 1.37 bits per heavy atom. The second kappa shape index (κ2) is 5.63. The quantitative estimate of drug-likeness (QED) is 0.846. The van der Waals surface area contributed by atoms with Crippen molar-refractivity contribution in [3.05, 3.63) is 50.7 Å². The number of thiophene rings is 1. The number of carbonyl (C=O) groups is 1. The molecule has 100 valence electrons. The van der Waals surface area contributed by atoms with Crippen molar-refractivity contribution in [2.45, 2.75) is 19.9 Å². The number of nitrogen functional groups attached to an aromatic ring is 1. The number of hydrogen-bond acceptors (Lipinski definition) is 3. The van der Waals surface area contributed by atoms with Gasteiger partial charge in [-0.1, -0.05) is 11.6 Å². The van der Waals surface area contributed by atoms with Crippen LogP contribution in [0.25, 0.3) is 0 Å². The van der Waals surface area contributed by atoms with E-state index in [0.29, 0.717) is 16.3 Å². The molecular formula is C14H15ClN2OS. The molecule has 5 heteroatoms. The van der Waals surface area contributed by atoms with Gasteiger partial charge >= 0.3 is 0 Å². The van der Waals surface area contributed by atoms with Crippen molar-refractivity contribution >= 4 is 34.5 Å². The second-order valence-corrected chi connectivity index (χ2v) is 6.13. The summed E-state index contributed by atoms with van der Waals surface area (Å²) >= 11 is 7.55. The molecule has 1 heterocycles. The number of hydrogen-bond donors (Lipinski definition) is 2. The number of nitrogens with two attached hydrogens (primary N) is 1. The lowest BCUT2D eigenvalue weighted by atomic mass is 10.1. The number of benzene rings is 1. The van der Waals surface area contributed by atoms with Crippen molar-refractivity contribution in [1.29, 1.82) is 0 Å². The molecule has 2 aromatic rings. The lowest BCUT2D eigenvalue weighted by Crippen LogP contribution is -2.26. The minimum atomic E-state index is -0.210. The van der Waals surface area contributed by atoms with Gasteiger partial charge in [0, 0.05) is 20.5 Å². The molecule has 0 aliphatic rings. The molecule has 0 aliphatic heterocycles. The highest BCUT2D eigenvalue weighted by molar-refractivity contribution is 7.12. The number of rotatable bonds is 3. The van der Waals surface area contributed by atoms with E-state index in [1.807, 2.05) is 26.0 Å². The molecule has 1 amide bonds. The van der Waals surface area contributed by atoms with Crippen molar-refractivity contribution in [1.82, 2.24) is 5.32 Å². The van der Waals surface area contributed by atoms with Gasteiger partial charge in [-0.05, 0) is 44.2 Å². The molecule has 1 unspecified atom stereocenters. The van der Waals surface area contributed by atoms with Crippen molar-refractivity contribution in [3.8, 4) is 0 Å². The van der Waals surface area contributed by atoms with Crippen molar-refractivity contribution in [3.63, 3.8) is 0 Å². The summed E-state index contributed by atoms with van der Waals surface area (Å²) in [6, 6.07) is 8.89. The molecule has 19 heavy (non-hydrogen) atoms. The Kier molecular flexibility index (Phi) is 4.12. The van der Waals surface area contributed by atoms with E-state index in [-0.39, 0.29) is 11.9 Å². The van der Waals surface area contributed by atoms with Crippen LogP contribution in [0.2, 0.25) is 5.02 Å². The van der Waals surface area contributed by atoms with Crippen LogP contribution < -0.4 is 11.1 Å². The van der Waals surface area contributed by atoms with Gasteiger partial charge in [-0.25, -0.2) is 0 Å². The van der Waals surface area contributed by atoms with Crippen molar-refractivity contribution < 1.29 is 4.79 Å². The molecule has 1 aromatic carbocycles. The molecule has 1 aromatic heterocycles. The topological polar surface area (TPSA) is 55.1 Å². The first-order valence-corrected chi connectivity index (χ1v) is 7.09. The fourth-order valence-electron chi connectivity index (χ4n) is 1.76. The van der Waals surface area contributed by atoms with E-state index < -0.39 is 0 Å². The molecular weight excluding hydrogens is 280 g/mol. The monoisotopic (exact) mass is 294 g/mol. The summed E-state index contributed by atoms with van der Waals surface area (Å²) < 4.78 is 0. The lowest BCUT2D eigenvalue weighted by Gasteiger charge is -2.13. The van der Waals surface area contributed by atoms with Crippen molar-refractivity contribution in [2.75, 3.05) is 5.73 Å². The van der Waals surface area contributed by atoms with E-state index in [1.165, 1.54) is 4.88 Å². The summed E-state index contributed by atoms with van der Waals surface area (Å²) in [6.45, 7) is 3.99. The highest BCUT2D eigenvalue weighted by Crippen LogP contribution is 2.24. The zero-order valence-electron chi connectivity index (χ0n) is 10.7. The summed E-state index contributed by atoms with van der Waals surface area (Å²) in [5.74, 6) is -0.210. The first-order valence-electron chi connectivity index (χ1n) is 5.89. The van der Waals surface area contributed by atoms with Gasteiger partial charge in [-0.3, -0.25) is 4.79 Å². The third-order valence-corrected chi connectivity index (χ3v) is 4.21. The Bertz CT molecular complexity index is 609. The van der Waals surface area contributed by atoms with E-state index >= 15 is 0 Å². The van der Waals surface area contributed by atoms with Gasteiger partial charge in [0.25, 0.3) is 5.91 Å². The molecule has 0 spiro atoms.